The van der Waals surface area contributed by atoms with E-state index in [-0.39, 0.29) is 0 Å². The topological polar surface area (TPSA) is 17.8 Å². The van der Waals surface area contributed by atoms with Crippen molar-refractivity contribution in [3.63, 3.8) is 0 Å². The van der Waals surface area contributed by atoms with Gasteiger partial charge in [0, 0.05) is 28.9 Å². The van der Waals surface area contributed by atoms with Crippen LogP contribution in [0.5, 0.6) is 0 Å². The van der Waals surface area contributed by atoms with E-state index in [4.69, 9.17) is 0 Å². The van der Waals surface area contributed by atoms with Crippen LogP contribution in [0.1, 0.15) is 0 Å². The van der Waals surface area contributed by atoms with Crippen LogP contribution in [-0.4, -0.2) is 9.55 Å². The van der Waals surface area contributed by atoms with E-state index in [1.165, 1.54) is 54.5 Å². The van der Waals surface area contributed by atoms with Gasteiger partial charge in [0.1, 0.15) is 0 Å². The lowest BCUT2D eigenvalue weighted by Crippen LogP contribution is -2.21. The van der Waals surface area contributed by atoms with Gasteiger partial charge in [-0.2, -0.15) is 0 Å². The molecule has 0 saturated carbocycles. The number of hydrogen-bond acceptors (Lipinski definition) is 1. The summed E-state index contributed by atoms with van der Waals surface area (Å²) in [6.07, 6.45) is 3.72. The Balaban J connectivity index is 1.42. The molecule has 2 aromatic heterocycles. The van der Waals surface area contributed by atoms with E-state index in [0.717, 1.165) is 0 Å². The molecule has 38 heavy (non-hydrogen) atoms. The summed E-state index contributed by atoms with van der Waals surface area (Å²) in [5, 5.41) is 6.57. The van der Waals surface area contributed by atoms with E-state index in [1.807, 2.05) is 12.4 Å². The predicted octanol–water partition coefficient (Wildman–Crippen LogP) is 7.60. The Labute approximate surface area is 223 Å². The minimum atomic E-state index is -0.760. The summed E-state index contributed by atoms with van der Waals surface area (Å²) < 4.78 is 2.40. The van der Waals surface area contributed by atoms with Gasteiger partial charge in [0.15, 0.2) is 0 Å². The van der Waals surface area contributed by atoms with Crippen LogP contribution in [-0.2, 0) is 0 Å². The summed E-state index contributed by atoms with van der Waals surface area (Å²) in [7, 11) is -0.760. The van der Waals surface area contributed by atoms with Gasteiger partial charge in [-0.1, -0.05) is 97.1 Å². The van der Waals surface area contributed by atoms with Crippen LogP contribution in [0.15, 0.2) is 152 Å². The van der Waals surface area contributed by atoms with Gasteiger partial charge in [0.05, 0.1) is 11.0 Å². The number of para-hydroxylation sites is 2. The van der Waals surface area contributed by atoms with Gasteiger partial charge in [-0.15, -0.1) is 0 Å². The Kier molecular flexibility index (Phi) is 5.81. The highest BCUT2D eigenvalue weighted by Crippen LogP contribution is 2.36. The molecule has 0 saturated heterocycles. The first-order chi connectivity index (χ1) is 18.9. The van der Waals surface area contributed by atoms with Crippen molar-refractivity contribution in [3.8, 4) is 16.8 Å². The third kappa shape index (κ3) is 4.00. The third-order valence-electron chi connectivity index (χ3n) is 7.06. The summed E-state index contributed by atoms with van der Waals surface area (Å²) >= 11 is 0. The minimum absolute atomic E-state index is 0.760. The minimum Gasteiger partial charge on any atom is -0.309 e. The van der Waals surface area contributed by atoms with Crippen LogP contribution in [0.4, 0.5) is 0 Å². The van der Waals surface area contributed by atoms with Gasteiger partial charge in [0.25, 0.3) is 0 Å². The number of hydrogen-bond donors (Lipinski definition) is 0. The first-order valence-electron chi connectivity index (χ1n) is 12.8. The monoisotopic (exact) mass is 504 g/mol. The van der Waals surface area contributed by atoms with Crippen LogP contribution in [0, 0.1) is 0 Å². The second-order valence-corrected chi connectivity index (χ2v) is 11.6. The molecule has 1 unspecified atom stereocenters. The molecule has 5 aromatic carbocycles. The highest BCUT2D eigenvalue weighted by atomic mass is 31.1. The molecule has 3 heteroatoms. The van der Waals surface area contributed by atoms with Crippen LogP contribution in [0.25, 0.3) is 38.6 Å². The molecule has 0 N–H and O–H groups in total. The molecule has 0 bridgehead atoms. The second-order valence-electron chi connectivity index (χ2n) is 9.35. The highest BCUT2D eigenvalue weighted by Gasteiger charge is 2.19. The maximum Gasteiger partial charge on any atom is 0.0541 e. The van der Waals surface area contributed by atoms with Crippen LogP contribution >= 0.6 is 7.92 Å². The lowest BCUT2D eigenvalue weighted by molar-refractivity contribution is 1.18. The molecule has 0 amide bonds. The number of benzene rings is 5. The van der Waals surface area contributed by atoms with E-state index >= 15 is 0 Å². The van der Waals surface area contributed by atoms with Gasteiger partial charge >= 0.3 is 0 Å². The molecule has 0 aliphatic rings. The molecular weight excluding hydrogens is 479 g/mol. The van der Waals surface area contributed by atoms with Gasteiger partial charge in [-0.25, -0.2) is 0 Å². The Hall–Kier alpha value is -4.52. The summed E-state index contributed by atoms with van der Waals surface area (Å²) in [4.78, 5) is 4.20. The highest BCUT2D eigenvalue weighted by molar-refractivity contribution is 7.79. The summed E-state index contributed by atoms with van der Waals surface area (Å²) in [5.41, 5.74) is 6.05. The van der Waals surface area contributed by atoms with Crippen LogP contribution < -0.4 is 15.9 Å². The fraction of sp³-hybridized carbons (Fsp3) is 0. The third-order valence-corrected chi connectivity index (χ3v) is 9.46. The predicted molar refractivity (Wildman–Crippen MR) is 163 cm³/mol. The summed E-state index contributed by atoms with van der Waals surface area (Å²) in [6, 6.07) is 50.6. The molecule has 0 aliphatic carbocycles. The zero-order valence-electron chi connectivity index (χ0n) is 20.8. The first kappa shape index (κ1) is 22.7. The Morgan fingerprint density at radius 2 is 1.03 bits per heavy atom. The smallest absolute Gasteiger partial charge is 0.0541 e. The zero-order chi connectivity index (χ0) is 25.3. The average molecular weight is 505 g/mol. The molecule has 0 fully saturated rings. The molecule has 7 aromatic rings. The van der Waals surface area contributed by atoms with Crippen molar-refractivity contribution in [1.29, 1.82) is 0 Å². The fourth-order valence-electron chi connectivity index (χ4n) is 5.37. The molecule has 1 atom stereocenters. The molecule has 0 spiro atoms. The summed E-state index contributed by atoms with van der Waals surface area (Å²) in [6.45, 7) is 0. The molecule has 0 radical (unpaired) electrons. The Morgan fingerprint density at radius 3 is 1.74 bits per heavy atom. The lowest BCUT2D eigenvalue weighted by atomic mass is 10.1. The molecule has 2 heterocycles. The van der Waals surface area contributed by atoms with Crippen molar-refractivity contribution >= 4 is 45.6 Å². The van der Waals surface area contributed by atoms with Gasteiger partial charge < -0.3 is 4.57 Å². The van der Waals surface area contributed by atoms with E-state index < -0.39 is 7.92 Å². The van der Waals surface area contributed by atoms with E-state index in [9.17, 15) is 0 Å². The number of fused-ring (bicyclic) bond motifs is 3. The van der Waals surface area contributed by atoms with Crippen molar-refractivity contribution in [2.24, 2.45) is 0 Å². The van der Waals surface area contributed by atoms with Crippen molar-refractivity contribution in [3.05, 3.63) is 152 Å². The van der Waals surface area contributed by atoms with Crippen molar-refractivity contribution in [2.45, 2.75) is 0 Å². The van der Waals surface area contributed by atoms with Crippen molar-refractivity contribution in [1.82, 2.24) is 9.55 Å². The SMILES string of the molecule is c1ccc(P(c2cccc(-c3ccncc3)c2)c2cccc(-n3c4ccccc4c4ccccc43)c2)cc1. The molecule has 0 aliphatic heterocycles. The molecule has 7 rings (SSSR count). The zero-order valence-corrected chi connectivity index (χ0v) is 21.7. The standard InChI is InChI=1S/C35H25N2P/c1-2-12-29(13-3-1)38(30-14-8-10-27(24-30)26-20-22-36-23-21-26)31-15-9-11-28(25-31)37-34-18-6-4-16-32(34)33-17-5-7-19-35(33)37/h1-25H. The molecule has 180 valence electrons. The van der Waals surface area contributed by atoms with Crippen LogP contribution in [0.2, 0.25) is 0 Å². The van der Waals surface area contributed by atoms with Gasteiger partial charge in [-0.05, 0) is 77.4 Å². The Bertz CT molecular complexity index is 1820. The molecular formula is C35H25N2P. The van der Waals surface area contributed by atoms with E-state index in [1.54, 1.807) is 0 Å². The van der Waals surface area contributed by atoms with Gasteiger partial charge in [0.2, 0.25) is 0 Å². The first-order valence-corrected chi connectivity index (χ1v) is 14.2. The normalized spacial score (nSPS) is 12.1. The maximum atomic E-state index is 4.20. The second kappa shape index (κ2) is 9.74. The summed E-state index contributed by atoms with van der Waals surface area (Å²) in [5.74, 6) is 0. The maximum absolute atomic E-state index is 4.20. The number of aromatic nitrogens is 2. The fourth-order valence-corrected chi connectivity index (χ4v) is 7.73. The van der Waals surface area contributed by atoms with Crippen molar-refractivity contribution in [2.75, 3.05) is 0 Å². The van der Waals surface area contributed by atoms with Gasteiger partial charge in [-0.3, -0.25) is 4.98 Å². The van der Waals surface area contributed by atoms with Crippen molar-refractivity contribution < 1.29 is 0 Å². The quantitative estimate of drug-likeness (QED) is 0.221. The average Bonchev–Trinajstić information content (AvgIpc) is 3.33. The number of pyridine rings is 1. The molecule has 2 nitrogen and oxygen atoms in total. The number of nitrogens with zero attached hydrogens (tertiary/aromatic N) is 2. The van der Waals surface area contributed by atoms with E-state index in [0.29, 0.717) is 0 Å². The van der Waals surface area contributed by atoms with Crippen LogP contribution in [0.3, 0.4) is 0 Å². The largest absolute Gasteiger partial charge is 0.309 e. The number of rotatable bonds is 5. The van der Waals surface area contributed by atoms with E-state index in [2.05, 4.69) is 149 Å². The Morgan fingerprint density at radius 1 is 0.447 bits per heavy atom. The lowest BCUT2D eigenvalue weighted by Gasteiger charge is -2.21.